The van der Waals surface area contributed by atoms with Crippen LogP contribution in [0.2, 0.25) is 0 Å². The molecule has 2 fully saturated rings. The van der Waals surface area contributed by atoms with Crippen LogP contribution in [0.25, 0.3) is 0 Å². The molecule has 144 valence electrons. The number of likely N-dealkylation sites (N-methyl/N-ethyl adjacent to an activating group) is 1. The maximum absolute atomic E-state index is 4.84. The van der Waals surface area contributed by atoms with Crippen molar-refractivity contribution in [1.29, 1.82) is 0 Å². The zero-order chi connectivity index (χ0) is 18.2. The number of hydrogen-bond acceptors (Lipinski definition) is 3. The highest BCUT2D eigenvalue weighted by atomic mass is 15.3. The first-order chi connectivity index (χ1) is 12.8. The van der Waals surface area contributed by atoms with E-state index in [1.165, 1.54) is 56.7 Å². The van der Waals surface area contributed by atoms with E-state index in [2.05, 4.69) is 58.1 Å². The summed E-state index contributed by atoms with van der Waals surface area (Å²) in [5.74, 6) is 1.07. The number of benzene rings is 1. The number of hydrogen-bond donors (Lipinski definition) is 1. The molecule has 0 atom stereocenters. The second kappa shape index (κ2) is 9.93. The molecule has 0 amide bonds. The summed E-state index contributed by atoms with van der Waals surface area (Å²) >= 11 is 0. The van der Waals surface area contributed by atoms with Crippen molar-refractivity contribution in [3.63, 3.8) is 0 Å². The Bertz CT molecular complexity index is 554. The van der Waals surface area contributed by atoms with Crippen molar-refractivity contribution < 1.29 is 0 Å². The van der Waals surface area contributed by atoms with E-state index in [1.54, 1.807) is 0 Å². The Morgan fingerprint density at radius 3 is 2.12 bits per heavy atom. The summed E-state index contributed by atoms with van der Waals surface area (Å²) in [6, 6.07) is 9.04. The van der Waals surface area contributed by atoms with Gasteiger partial charge in [0.15, 0.2) is 5.96 Å². The fourth-order valence-electron chi connectivity index (χ4n) is 3.79. The van der Waals surface area contributed by atoms with E-state index in [4.69, 9.17) is 4.99 Å². The first-order valence-corrected chi connectivity index (χ1v) is 10.3. The summed E-state index contributed by atoms with van der Waals surface area (Å²) in [5, 5.41) is 3.43. The largest absolute Gasteiger partial charge is 0.357 e. The molecule has 0 radical (unpaired) electrons. The number of guanidine groups is 1. The highest BCUT2D eigenvalue weighted by molar-refractivity contribution is 5.80. The van der Waals surface area contributed by atoms with Gasteiger partial charge in [-0.25, -0.2) is 4.99 Å². The van der Waals surface area contributed by atoms with Gasteiger partial charge >= 0.3 is 0 Å². The van der Waals surface area contributed by atoms with Crippen LogP contribution in [-0.2, 0) is 13.1 Å². The summed E-state index contributed by atoms with van der Waals surface area (Å²) in [6.07, 6.45) is 2.57. The number of nitrogens with zero attached hydrogens (tertiary/aromatic N) is 4. The van der Waals surface area contributed by atoms with Gasteiger partial charge < -0.3 is 15.1 Å². The van der Waals surface area contributed by atoms with Gasteiger partial charge in [0.2, 0.25) is 0 Å². The summed E-state index contributed by atoms with van der Waals surface area (Å²) in [4.78, 5) is 12.3. The molecule has 5 nitrogen and oxygen atoms in total. The molecule has 2 aliphatic heterocycles. The van der Waals surface area contributed by atoms with Crippen LogP contribution in [0.5, 0.6) is 0 Å². The Morgan fingerprint density at radius 1 is 0.885 bits per heavy atom. The first-order valence-electron chi connectivity index (χ1n) is 10.3. The lowest BCUT2D eigenvalue weighted by molar-refractivity contribution is 0.132. The third kappa shape index (κ3) is 5.45. The van der Waals surface area contributed by atoms with Crippen LogP contribution in [0.15, 0.2) is 29.3 Å². The van der Waals surface area contributed by atoms with Crippen molar-refractivity contribution in [2.75, 3.05) is 52.4 Å². The van der Waals surface area contributed by atoms with Gasteiger partial charge in [0.25, 0.3) is 0 Å². The Labute approximate surface area is 159 Å². The van der Waals surface area contributed by atoms with Gasteiger partial charge in [0, 0.05) is 52.4 Å². The fourth-order valence-corrected chi connectivity index (χ4v) is 3.79. The van der Waals surface area contributed by atoms with Gasteiger partial charge in [-0.1, -0.05) is 31.2 Å². The zero-order valence-electron chi connectivity index (χ0n) is 16.6. The van der Waals surface area contributed by atoms with Crippen LogP contribution in [-0.4, -0.2) is 73.0 Å². The molecule has 0 spiro atoms. The molecule has 0 bridgehead atoms. The molecule has 2 saturated heterocycles. The molecule has 26 heavy (non-hydrogen) atoms. The first kappa shape index (κ1) is 19.2. The van der Waals surface area contributed by atoms with Gasteiger partial charge in [-0.05, 0) is 37.4 Å². The van der Waals surface area contributed by atoms with Gasteiger partial charge in [-0.2, -0.15) is 0 Å². The van der Waals surface area contributed by atoms with E-state index in [-0.39, 0.29) is 0 Å². The SMILES string of the molecule is CCNC(=NCc1ccc(CN2CCN(CC)CC2)cc1)N1CCCC1. The van der Waals surface area contributed by atoms with Crippen molar-refractivity contribution in [3.05, 3.63) is 35.4 Å². The number of aliphatic imine (C=N–C) groups is 1. The highest BCUT2D eigenvalue weighted by Crippen LogP contribution is 2.12. The second-order valence-electron chi connectivity index (χ2n) is 7.39. The van der Waals surface area contributed by atoms with E-state index in [1.807, 2.05) is 0 Å². The van der Waals surface area contributed by atoms with Crippen molar-refractivity contribution >= 4 is 5.96 Å². The summed E-state index contributed by atoms with van der Waals surface area (Å²) in [7, 11) is 0. The summed E-state index contributed by atoms with van der Waals surface area (Å²) < 4.78 is 0. The van der Waals surface area contributed by atoms with Gasteiger partial charge in [0.1, 0.15) is 0 Å². The van der Waals surface area contributed by atoms with E-state index in [9.17, 15) is 0 Å². The predicted molar refractivity (Wildman–Crippen MR) is 109 cm³/mol. The number of piperazine rings is 1. The molecular weight excluding hydrogens is 322 g/mol. The van der Waals surface area contributed by atoms with Crippen molar-refractivity contribution in [1.82, 2.24) is 20.0 Å². The smallest absolute Gasteiger partial charge is 0.194 e. The number of likely N-dealkylation sites (tertiary alicyclic amines) is 1. The molecule has 2 aliphatic rings. The molecule has 0 saturated carbocycles. The van der Waals surface area contributed by atoms with Crippen LogP contribution in [0.1, 0.15) is 37.8 Å². The van der Waals surface area contributed by atoms with E-state index in [0.717, 1.165) is 38.7 Å². The summed E-state index contributed by atoms with van der Waals surface area (Å²) in [5.41, 5.74) is 2.70. The maximum atomic E-state index is 4.84. The fraction of sp³-hybridized carbons (Fsp3) is 0.667. The van der Waals surface area contributed by atoms with E-state index in [0.29, 0.717) is 0 Å². The van der Waals surface area contributed by atoms with Crippen molar-refractivity contribution in [2.45, 2.75) is 39.8 Å². The highest BCUT2D eigenvalue weighted by Gasteiger charge is 2.16. The van der Waals surface area contributed by atoms with Crippen molar-refractivity contribution in [2.24, 2.45) is 4.99 Å². The minimum atomic E-state index is 0.758. The Kier molecular flexibility index (Phi) is 7.32. The van der Waals surface area contributed by atoms with Crippen molar-refractivity contribution in [3.8, 4) is 0 Å². The van der Waals surface area contributed by atoms with Gasteiger partial charge in [0.05, 0.1) is 6.54 Å². The van der Waals surface area contributed by atoms with Crippen LogP contribution >= 0.6 is 0 Å². The standard InChI is InChI=1S/C21H35N5/c1-3-22-21(26-11-5-6-12-26)23-17-19-7-9-20(10-8-19)18-25-15-13-24(4-2)14-16-25/h7-10H,3-6,11-18H2,1-2H3,(H,22,23). The average molecular weight is 358 g/mol. The predicted octanol–water partition coefficient (Wildman–Crippen LogP) is 2.39. The minimum Gasteiger partial charge on any atom is -0.357 e. The Balaban J connectivity index is 1.51. The molecular formula is C21H35N5. The number of nitrogens with one attached hydrogen (secondary N) is 1. The molecule has 0 unspecified atom stereocenters. The van der Waals surface area contributed by atoms with Crippen LogP contribution in [0, 0.1) is 0 Å². The van der Waals surface area contributed by atoms with E-state index >= 15 is 0 Å². The normalized spacial score (nSPS) is 19.9. The molecule has 0 aliphatic carbocycles. The summed E-state index contributed by atoms with van der Waals surface area (Å²) in [6.45, 7) is 15.4. The van der Waals surface area contributed by atoms with Gasteiger partial charge in [-0.3, -0.25) is 4.90 Å². The lowest BCUT2D eigenvalue weighted by atomic mass is 10.1. The Hall–Kier alpha value is -1.59. The lowest BCUT2D eigenvalue weighted by Crippen LogP contribution is -2.45. The molecule has 1 aromatic carbocycles. The molecule has 5 heteroatoms. The van der Waals surface area contributed by atoms with Crippen LogP contribution in [0.3, 0.4) is 0 Å². The quantitative estimate of drug-likeness (QED) is 0.626. The minimum absolute atomic E-state index is 0.758. The molecule has 0 aromatic heterocycles. The second-order valence-corrected chi connectivity index (χ2v) is 7.39. The monoisotopic (exact) mass is 357 g/mol. The average Bonchev–Trinajstić information content (AvgIpc) is 3.21. The van der Waals surface area contributed by atoms with E-state index < -0.39 is 0 Å². The van der Waals surface area contributed by atoms with Gasteiger partial charge in [-0.15, -0.1) is 0 Å². The number of rotatable bonds is 6. The third-order valence-electron chi connectivity index (χ3n) is 5.49. The molecule has 2 heterocycles. The molecule has 1 N–H and O–H groups in total. The van der Waals surface area contributed by atoms with Crippen LogP contribution in [0.4, 0.5) is 0 Å². The third-order valence-corrected chi connectivity index (χ3v) is 5.49. The topological polar surface area (TPSA) is 34.1 Å². The zero-order valence-corrected chi connectivity index (χ0v) is 16.6. The lowest BCUT2D eigenvalue weighted by Gasteiger charge is -2.34. The molecule has 3 rings (SSSR count). The maximum Gasteiger partial charge on any atom is 0.194 e. The molecule has 1 aromatic rings. The Morgan fingerprint density at radius 2 is 1.50 bits per heavy atom. The van der Waals surface area contributed by atoms with Crippen LogP contribution < -0.4 is 5.32 Å².